The zero-order valence-corrected chi connectivity index (χ0v) is 23.4. The lowest BCUT2D eigenvalue weighted by Gasteiger charge is -2.26. The van der Waals surface area contributed by atoms with E-state index in [1.54, 1.807) is 17.0 Å². The lowest BCUT2D eigenvalue weighted by Crippen LogP contribution is -2.34. The quantitative estimate of drug-likeness (QED) is 0.300. The molecule has 2 saturated heterocycles. The molecule has 4 N–H and O–H groups in total. The van der Waals surface area contributed by atoms with Crippen LogP contribution < -0.4 is 10.6 Å². The molecule has 0 spiro atoms. The number of aryl methyl sites for hydroxylation is 1. The Morgan fingerprint density at radius 2 is 1.85 bits per heavy atom. The van der Waals surface area contributed by atoms with Crippen molar-refractivity contribution in [1.29, 1.82) is 0 Å². The Bertz CT molecular complexity index is 1230. The monoisotopic (exact) mass is 542 g/mol. The molecular weight excluding hydrogens is 500 g/mol. The molecule has 2 aliphatic heterocycles. The van der Waals surface area contributed by atoms with Crippen molar-refractivity contribution in [2.24, 2.45) is 5.41 Å². The fourth-order valence-electron chi connectivity index (χ4n) is 5.12. The molecule has 5 rings (SSSR count). The third kappa shape index (κ3) is 6.34. The Morgan fingerprint density at radius 3 is 2.56 bits per heavy atom. The number of aliphatic hydroxyl groups excluding tert-OH is 2. The predicted octanol–water partition coefficient (Wildman–Crippen LogP) is 3.11. The molecule has 4 atom stereocenters. The van der Waals surface area contributed by atoms with E-state index in [0.717, 1.165) is 44.8 Å². The van der Waals surface area contributed by atoms with Gasteiger partial charge in [0.2, 0.25) is 5.95 Å². The molecule has 0 radical (unpaired) electrons. The van der Waals surface area contributed by atoms with Gasteiger partial charge in [-0.2, -0.15) is 9.97 Å². The molecule has 3 aromatic rings. The van der Waals surface area contributed by atoms with Gasteiger partial charge < -0.3 is 35.0 Å². The van der Waals surface area contributed by atoms with Crippen LogP contribution in [0.1, 0.15) is 77.2 Å². The summed E-state index contributed by atoms with van der Waals surface area (Å²) in [5, 5.41) is 32.6. The van der Waals surface area contributed by atoms with Gasteiger partial charge in [-0.3, -0.25) is 4.57 Å². The van der Waals surface area contributed by atoms with Crippen LogP contribution in [0.25, 0.3) is 11.2 Å². The molecule has 0 aliphatic carbocycles. The first kappa shape index (κ1) is 27.8. The number of rotatable bonds is 10. The number of anilines is 2. The molecule has 0 aromatic carbocycles. The van der Waals surface area contributed by atoms with E-state index in [1.165, 1.54) is 19.3 Å². The summed E-state index contributed by atoms with van der Waals surface area (Å²) < 4.78 is 13.2. The molecule has 0 bridgehead atoms. The van der Waals surface area contributed by atoms with Crippen LogP contribution in [0.3, 0.4) is 0 Å². The molecule has 0 amide bonds. The van der Waals surface area contributed by atoms with Gasteiger partial charge in [0, 0.05) is 25.7 Å². The normalized spacial score (nSPS) is 24.5. The molecular formula is C27H42N8O4. The molecule has 2 aliphatic rings. The van der Waals surface area contributed by atoms with E-state index in [-0.39, 0.29) is 5.41 Å². The molecule has 12 nitrogen and oxygen atoms in total. The molecule has 214 valence electrons. The van der Waals surface area contributed by atoms with Gasteiger partial charge in [-0.05, 0) is 44.2 Å². The van der Waals surface area contributed by atoms with Crippen molar-refractivity contribution >= 4 is 22.9 Å². The van der Waals surface area contributed by atoms with Gasteiger partial charge in [0.05, 0.1) is 12.0 Å². The Hall–Kier alpha value is -2.80. The van der Waals surface area contributed by atoms with Gasteiger partial charge in [-0.15, -0.1) is 0 Å². The van der Waals surface area contributed by atoms with Crippen LogP contribution in [0.2, 0.25) is 0 Å². The maximum Gasteiger partial charge on any atom is 0.226 e. The number of likely N-dealkylation sites (tertiary alicyclic amines) is 1. The van der Waals surface area contributed by atoms with Crippen molar-refractivity contribution in [2.75, 3.05) is 43.4 Å². The average molecular weight is 543 g/mol. The summed E-state index contributed by atoms with van der Waals surface area (Å²) in [7, 11) is 0. The number of aliphatic hydroxyl groups is 2. The van der Waals surface area contributed by atoms with Crippen molar-refractivity contribution in [3.8, 4) is 0 Å². The van der Waals surface area contributed by atoms with Gasteiger partial charge in [-0.1, -0.05) is 39.3 Å². The maximum atomic E-state index is 11.0. The van der Waals surface area contributed by atoms with E-state index in [1.807, 2.05) is 6.92 Å². The fourth-order valence-corrected chi connectivity index (χ4v) is 5.12. The molecule has 3 aromatic heterocycles. The lowest BCUT2D eigenvalue weighted by molar-refractivity contribution is -0.0434. The summed E-state index contributed by atoms with van der Waals surface area (Å²) in [6.45, 7) is 13.2. The number of nitrogens with zero attached hydrogens (tertiary/aromatic N) is 6. The number of aromatic nitrogens is 5. The second-order valence-electron chi connectivity index (χ2n) is 11.8. The van der Waals surface area contributed by atoms with Crippen molar-refractivity contribution < 1.29 is 19.5 Å². The highest BCUT2D eigenvalue weighted by molar-refractivity contribution is 5.84. The van der Waals surface area contributed by atoms with Gasteiger partial charge in [0.15, 0.2) is 29.0 Å². The number of nitrogens with one attached hydrogen (secondary N) is 2. The second kappa shape index (κ2) is 11.7. The van der Waals surface area contributed by atoms with E-state index in [4.69, 9.17) is 19.2 Å². The minimum Gasteiger partial charge on any atom is -0.387 e. The standard InChI is InChI=1S/C27H42N8O4/c1-5-17-15-18(39-33-17)22-20(36)21(37)25(38-22)35-16-30-19-23(28-10-9-27(2,3)4)31-26(32-24(19)35)29-11-14-34-12-7-6-8-13-34/h15-16,20-22,25,36-37H,5-14H2,1-4H3,(H2,28,29,31,32)/t20-,21+,22-,25-/m1/s1. The zero-order valence-electron chi connectivity index (χ0n) is 23.4. The number of hydrogen-bond donors (Lipinski definition) is 4. The van der Waals surface area contributed by atoms with Crippen LogP contribution in [0.15, 0.2) is 16.9 Å². The Balaban J connectivity index is 1.40. The summed E-state index contributed by atoms with van der Waals surface area (Å²) in [6, 6.07) is 1.75. The Morgan fingerprint density at radius 1 is 1.05 bits per heavy atom. The van der Waals surface area contributed by atoms with Crippen LogP contribution in [-0.4, -0.2) is 84.7 Å². The Kier molecular flexibility index (Phi) is 8.36. The van der Waals surface area contributed by atoms with Crippen molar-refractivity contribution in [3.63, 3.8) is 0 Å². The third-order valence-corrected chi connectivity index (χ3v) is 7.48. The van der Waals surface area contributed by atoms with Gasteiger partial charge in [0.25, 0.3) is 0 Å². The predicted molar refractivity (Wildman–Crippen MR) is 147 cm³/mol. The first-order valence-electron chi connectivity index (χ1n) is 14.2. The van der Waals surface area contributed by atoms with Crippen molar-refractivity contribution in [1.82, 2.24) is 29.6 Å². The minimum atomic E-state index is -1.22. The highest BCUT2D eigenvalue weighted by Gasteiger charge is 2.47. The van der Waals surface area contributed by atoms with Crippen molar-refractivity contribution in [3.05, 3.63) is 23.8 Å². The van der Waals surface area contributed by atoms with Gasteiger partial charge in [0.1, 0.15) is 18.3 Å². The highest BCUT2D eigenvalue weighted by atomic mass is 16.6. The topological polar surface area (TPSA) is 147 Å². The summed E-state index contributed by atoms with van der Waals surface area (Å²) in [5.74, 6) is 1.48. The van der Waals surface area contributed by atoms with E-state index in [0.29, 0.717) is 35.1 Å². The SMILES string of the molecule is CCc1cc([C@H]2O[C@@H](n3cnc4c(NCCC(C)(C)C)nc(NCCN5CCCCC5)nc43)[C@@H](O)[C@H]2O)on1. The van der Waals surface area contributed by atoms with Crippen LogP contribution in [0.5, 0.6) is 0 Å². The number of fused-ring (bicyclic) bond motifs is 1. The largest absolute Gasteiger partial charge is 0.387 e. The summed E-state index contributed by atoms with van der Waals surface area (Å²) in [6.07, 6.45) is 2.83. The molecule has 0 unspecified atom stereocenters. The highest BCUT2D eigenvalue weighted by Crippen LogP contribution is 2.40. The molecule has 0 saturated carbocycles. The van der Waals surface area contributed by atoms with E-state index < -0.39 is 24.5 Å². The van der Waals surface area contributed by atoms with Crippen LogP contribution >= 0.6 is 0 Å². The van der Waals surface area contributed by atoms with E-state index >= 15 is 0 Å². The minimum absolute atomic E-state index is 0.166. The maximum absolute atomic E-state index is 11.0. The molecule has 2 fully saturated rings. The molecule has 12 heteroatoms. The first-order valence-corrected chi connectivity index (χ1v) is 14.2. The van der Waals surface area contributed by atoms with Gasteiger partial charge in [-0.25, -0.2) is 4.98 Å². The zero-order chi connectivity index (χ0) is 27.6. The van der Waals surface area contributed by atoms with E-state index in [9.17, 15) is 10.2 Å². The van der Waals surface area contributed by atoms with Crippen molar-refractivity contribution in [2.45, 2.75) is 84.3 Å². The lowest BCUT2D eigenvalue weighted by atomic mass is 9.92. The van der Waals surface area contributed by atoms with Crippen LogP contribution in [-0.2, 0) is 11.2 Å². The van der Waals surface area contributed by atoms with Gasteiger partial charge >= 0.3 is 0 Å². The van der Waals surface area contributed by atoms with E-state index in [2.05, 4.69) is 46.4 Å². The van der Waals surface area contributed by atoms with Crippen LogP contribution in [0, 0.1) is 5.41 Å². The fraction of sp³-hybridized carbons (Fsp3) is 0.704. The number of piperidine rings is 1. The Labute approximate surface area is 229 Å². The summed E-state index contributed by atoms with van der Waals surface area (Å²) >= 11 is 0. The number of hydrogen-bond acceptors (Lipinski definition) is 11. The number of imidazole rings is 1. The number of ether oxygens (including phenoxy) is 1. The average Bonchev–Trinajstić information content (AvgIpc) is 3.62. The summed E-state index contributed by atoms with van der Waals surface area (Å²) in [5.41, 5.74) is 2.00. The first-order chi connectivity index (χ1) is 18.7. The second-order valence-corrected chi connectivity index (χ2v) is 11.8. The summed E-state index contributed by atoms with van der Waals surface area (Å²) in [4.78, 5) is 16.6. The third-order valence-electron chi connectivity index (χ3n) is 7.48. The molecule has 39 heavy (non-hydrogen) atoms. The smallest absolute Gasteiger partial charge is 0.226 e. The molecule has 5 heterocycles. The van der Waals surface area contributed by atoms with Crippen LogP contribution in [0.4, 0.5) is 11.8 Å².